The molecule has 1 aliphatic heterocycles. The Morgan fingerprint density at radius 3 is 2.56 bits per heavy atom. The van der Waals surface area contributed by atoms with Crippen molar-refractivity contribution in [1.29, 1.82) is 0 Å². The molecule has 5 heteroatoms. The third kappa shape index (κ3) is 3.87. The van der Waals surface area contributed by atoms with E-state index in [0.717, 1.165) is 47.2 Å². The Hall–Kier alpha value is -2.27. The fraction of sp³-hybridized carbons (Fsp3) is 0.350. The third-order valence-electron chi connectivity index (χ3n) is 4.61. The first kappa shape index (κ1) is 17.5. The zero-order valence-electron chi connectivity index (χ0n) is 14.9. The summed E-state index contributed by atoms with van der Waals surface area (Å²) in [6.07, 6.45) is 2.14. The van der Waals surface area contributed by atoms with Crippen molar-refractivity contribution in [3.63, 3.8) is 0 Å². The highest BCUT2D eigenvalue weighted by Crippen LogP contribution is 2.39. The molecule has 0 aliphatic carbocycles. The van der Waals surface area contributed by atoms with Crippen molar-refractivity contribution in [2.75, 3.05) is 26.1 Å². The lowest BCUT2D eigenvalue weighted by Gasteiger charge is -2.29. The molecule has 0 radical (unpaired) electrons. The van der Waals surface area contributed by atoms with Gasteiger partial charge in [0, 0.05) is 17.8 Å². The number of anilines is 1. The molecule has 25 heavy (non-hydrogen) atoms. The lowest BCUT2D eigenvalue weighted by molar-refractivity contribution is 0.362. The van der Waals surface area contributed by atoms with Crippen LogP contribution >= 0.6 is 12.2 Å². The molecule has 132 valence electrons. The van der Waals surface area contributed by atoms with Crippen LogP contribution in [0, 0.1) is 6.92 Å². The van der Waals surface area contributed by atoms with Crippen LogP contribution in [-0.2, 0) is 0 Å². The fourth-order valence-corrected chi connectivity index (χ4v) is 3.60. The van der Waals surface area contributed by atoms with Crippen LogP contribution in [0.1, 0.15) is 30.0 Å². The van der Waals surface area contributed by atoms with E-state index in [4.69, 9.17) is 21.7 Å². The first-order chi connectivity index (χ1) is 12.1. The second kappa shape index (κ2) is 7.74. The first-order valence-corrected chi connectivity index (χ1v) is 8.89. The molecule has 0 bridgehead atoms. The number of hydrogen-bond acceptors (Lipinski definition) is 3. The number of ether oxygens (including phenoxy) is 2. The van der Waals surface area contributed by atoms with E-state index in [9.17, 15) is 0 Å². The number of nitrogens with zero attached hydrogens (tertiary/aromatic N) is 1. The van der Waals surface area contributed by atoms with E-state index < -0.39 is 0 Å². The van der Waals surface area contributed by atoms with Crippen LogP contribution in [-0.4, -0.2) is 30.8 Å². The van der Waals surface area contributed by atoms with Gasteiger partial charge in [-0.3, -0.25) is 0 Å². The van der Waals surface area contributed by atoms with Gasteiger partial charge in [-0.1, -0.05) is 17.7 Å². The summed E-state index contributed by atoms with van der Waals surface area (Å²) in [5.41, 5.74) is 3.36. The lowest BCUT2D eigenvalue weighted by Crippen LogP contribution is -2.34. The number of likely N-dealkylation sites (tertiary alicyclic amines) is 1. The summed E-state index contributed by atoms with van der Waals surface area (Å²) in [5.74, 6) is 1.70. The highest BCUT2D eigenvalue weighted by Gasteiger charge is 2.30. The van der Waals surface area contributed by atoms with Crippen molar-refractivity contribution in [1.82, 2.24) is 4.90 Å². The van der Waals surface area contributed by atoms with Crippen molar-refractivity contribution in [2.24, 2.45) is 0 Å². The molecular weight excluding hydrogens is 332 g/mol. The maximum absolute atomic E-state index is 5.69. The van der Waals surface area contributed by atoms with Crippen molar-refractivity contribution in [3.8, 4) is 11.5 Å². The van der Waals surface area contributed by atoms with Gasteiger partial charge in [0.15, 0.2) is 5.11 Å². The van der Waals surface area contributed by atoms with Gasteiger partial charge in [-0.15, -0.1) is 0 Å². The SMILES string of the molecule is COc1ccc(OC)c([C@@H]2CCCN2C(=S)Nc2ccc(C)cc2)c1. The Balaban J connectivity index is 1.82. The molecule has 1 aliphatic rings. The van der Waals surface area contributed by atoms with Crippen molar-refractivity contribution in [3.05, 3.63) is 53.6 Å². The Morgan fingerprint density at radius 2 is 1.88 bits per heavy atom. The quantitative estimate of drug-likeness (QED) is 0.813. The van der Waals surface area contributed by atoms with E-state index in [1.807, 2.05) is 12.1 Å². The molecule has 0 unspecified atom stereocenters. The maximum Gasteiger partial charge on any atom is 0.173 e. The smallest absolute Gasteiger partial charge is 0.173 e. The normalized spacial score (nSPS) is 16.6. The van der Waals surface area contributed by atoms with Gasteiger partial charge >= 0.3 is 0 Å². The second-order valence-corrected chi connectivity index (χ2v) is 6.64. The molecule has 1 fully saturated rings. The van der Waals surface area contributed by atoms with Crippen LogP contribution in [0.5, 0.6) is 11.5 Å². The van der Waals surface area contributed by atoms with E-state index in [1.165, 1.54) is 5.56 Å². The predicted molar refractivity (Wildman–Crippen MR) is 106 cm³/mol. The third-order valence-corrected chi connectivity index (χ3v) is 4.95. The lowest BCUT2D eigenvalue weighted by atomic mass is 10.0. The van der Waals surface area contributed by atoms with E-state index in [2.05, 4.69) is 47.5 Å². The summed E-state index contributed by atoms with van der Waals surface area (Å²) < 4.78 is 11.0. The van der Waals surface area contributed by atoms with Crippen LogP contribution in [0.4, 0.5) is 5.69 Å². The highest BCUT2D eigenvalue weighted by molar-refractivity contribution is 7.80. The minimum absolute atomic E-state index is 0.190. The average molecular weight is 356 g/mol. The summed E-state index contributed by atoms with van der Waals surface area (Å²) in [7, 11) is 3.38. The molecule has 0 amide bonds. The van der Waals surface area contributed by atoms with E-state index in [-0.39, 0.29) is 6.04 Å². The van der Waals surface area contributed by atoms with E-state index in [0.29, 0.717) is 0 Å². The predicted octanol–water partition coefficient (Wildman–Crippen LogP) is 4.55. The largest absolute Gasteiger partial charge is 0.497 e. The molecule has 3 rings (SSSR count). The summed E-state index contributed by atoms with van der Waals surface area (Å²) in [4.78, 5) is 2.24. The zero-order chi connectivity index (χ0) is 17.8. The molecule has 0 spiro atoms. The van der Waals surface area contributed by atoms with Gasteiger partial charge in [-0.2, -0.15) is 0 Å². The Labute approximate surface area is 154 Å². The molecule has 1 atom stereocenters. The second-order valence-electron chi connectivity index (χ2n) is 6.26. The maximum atomic E-state index is 5.69. The molecule has 1 saturated heterocycles. The van der Waals surface area contributed by atoms with Crippen LogP contribution in [0.15, 0.2) is 42.5 Å². The molecule has 0 aromatic heterocycles. The van der Waals surface area contributed by atoms with Gasteiger partial charge in [0.1, 0.15) is 11.5 Å². The summed E-state index contributed by atoms with van der Waals surface area (Å²) in [6, 6.07) is 14.4. The van der Waals surface area contributed by atoms with Crippen LogP contribution in [0.3, 0.4) is 0 Å². The molecule has 2 aromatic carbocycles. The minimum atomic E-state index is 0.190. The van der Waals surface area contributed by atoms with Crippen molar-refractivity contribution < 1.29 is 9.47 Å². The van der Waals surface area contributed by atoms with E-state index >= 15 is 0 Å². The number of rotatable bonds is 4. The molecule has 0 saturated carbocycles. The van der Waals surface area contributed by atoms with Gasteiger partial charge in [-0.25, -0.2) is 0 Å². The Bertz CT molecular complexity index is 746. The molecular formula is C20H24N2O2S. The topological polar surface area (TPSA) is 33.7 Å². The Kier molecular flexibility index (Phi) is 5.43. The number of methoxy groups -OCH3 is 2. The van der Waals surface area contributed by atoms with Crippen LogP contribution in [0.2, 0.25) is 0 Å². The number of nitrogens with one attached hydrogen (secondary N) is 1. The summed E-state index contributed by atoms with van der Waals surface area (Å²) >= 11 is 5.69. The molecule has 2 aromatic rings. The molecule has 1 heterocycles. The molecule has 1 N–H and O–H groups in total. The van der Waals surface area contributed by atoms with Crippen molar-refractivity contribution in [2.45, 2.75) is 25.8 Å². The number of aryl methyl sites for hydroxylation is 1. The first-order valence-electron chi connectivity index (χ1n) is 8.48. The highest BCUT2D eigenvalue weighted by atomic mass is 32.1. The van der Waals surface area contributed by atoms with Gasteiger partial charge < -0.3 is 19.7 Å². The van der Waals surface area contributed by atoms with E-state index in [1.54, 1.807) is 14.2 Å². The van der Waals surface area contributed by atoms with Crippen LogP contribution in [0.25, 0.3) is 0 Å². The van der Waals surface area contributed by atoms with Crippen LogP contribution < -0.4 is 14.8 Å². The van der Waals surface area contributed by atoms with Crippen molar-refractivity contribution >= 4 is 23.0 Å². The summed E-state index contributed by atoms with van der Waals surface area (Å²) in [5, 5.41) is 4.11. The number of thiocarbonyl (C=S) groups is 1. The molecule has 4 nitrogen and oxygen atoms in total. The average Bonchev–Trinajstić information content (AvgIpc) is 3.12. The zero-order valence-corrected chi connectivity index (χ0v) is 15.7. The van der Waals surface area contributed by atoms with Gasteiger partial charge in [0.05, 0.1) is 20.3 Å². The standard InChI is InChI=1S/C20H24N2O2S/c1-14-6-8-15(9-7-14)21-20(25)22-12-4-5-18(22)17-13-16(23-2)10-11-19(17)24-3/h6-11,13,18H,4-5,12H2,1-3H3,(H,21,25)/t18-/m0/s1. The monoisotopic (exact) mass is 356 g/mol. The number of hydrogen-bond donors (Lipinski definition) is 1. The Morgan fingerprint density at radius 1 is 1.12 bits per heavy atom. The number of benzene rings is 2. The van der Waals surface area contributed by atoms with Gasteiger partial charge in [0.25, 0.3) is 0 Å². The summed E-state index contributed by atoms with van der Waals surface area (Å²) in [6.45, 7) is 3.01. The fourth-order valence-electron chi connectivity index (χ4n) is 3.27. The van der Waals surface area contributed by atoms with Gasteiger partial charge in [-0.05, 0) is 62.3 Å². The minimum Gasteiger partial charge on any atom is -0.497 e. The van der Waals surface area contributed by atoms with Gasteiger partial charge in [0.2, 0.25) is 0 Å².